The van der Waals surface area contributed by atoms with E-state index in [1.54, 1.807) is 0 Å². The average molecular weight is 373 g/mol. The van der Waals surface area contributed by atoms with Gasteiger partial charge in [-0.05, 0) is 5.53 Å². The molecule has 0 bridgehead atoms. The molecule has 1 aliphatic rings. The largest absolute Gasteiger partial charge is 0.463 e. The molecule has 5 atom stereocenters. The van der Waals surface area contributed by atoms with Crippen molar-refractivity contribution in [3.63, 3.8) is 0 Å². The van der Waals surface area contributed by atoms with Crippen LogP contribution in [0.4, 0.5) is 0 Å². The van der Waals surface area contributed by atoms with Crippen LogP contribution in [0.25, 0.3) is 10.4 Å². The van der Waals surface area contributed by atoms with E-state index in [4.69, 9.17) is 29.2 Å². The smallest absolute Gasteiger partial charge is 0.304 e. The van der Waals surface area contributed by atoms with Crippen molar-refractivity contribution < 1.29 is 42.9 Å². The Morgan fingerprint density at radius 1 is 0.923 bits per heavy atom. The number of hydrogen-bond donors (Lipinski definition) is 0. The van der Waals surface area contributed by atoms with Crippen LogP contribution in [0.2, 0.25) is 0 Å². The third kappa shape index (κ3) is 6.22. The van der Waals surface area contributed by atoms with Gasteiger partial charge in [0, 0.05) is 32.6 Å². The zero-order chi connectivity index (χ0) is 19.9. The van der Waals surface area contributed by atoms with Crippen LogP contribution in [0, 0.1) is 0 Å². The summed E-state index contributed by atoms with van der Waals surface area (Å²) >= 11 is 0. The van der Waals surface area contributed by atoms with Crippen molar-refractivity contribution in [3.8, 4) is 0 Å². The molecule has 0 aromatic heterocycles. The van der Waals surface area contributed by atoms with Crippen molar-refractivity contribution in [2.24, 2.45) is 5.11 Å². The predicted molar refractivity (Wildman–Crippen MR) is 81.1 cm³/mol. The lowest BCUT2D eigenvalue weighted by Gasteiger charge is -2.42. The van der Waals surface area contributed by atoms with E-state index in [0.29, 0.717) is 0 Å². The molecular weight excluding hydrogens is 354 g/mol. The molecule has 12 nitrogen and oxygen atoms in total. The highest BCUT2D eigenvalue weighted by molar-refractivity contribution is 5.68. The minimum atomic E-state index is -1.44. The molecule has 26 heavy (non-hydrogen) atoms. The fourth-order valence-electron chi connectivity index (χ4n) is 2.33. The van der Waals surface area contributed by atoms with Crippen LogP contribution in [0.3, 0.4) is 0 Å². The van der Waals surface area contributed by atoms with Crippen LogP contribution in [0.5, 0.6) is 0 Å². The molecule has 0 amide bonds. The van der Waals surface area contributed by atoms with Gasteiger partial charge in [0.05, 0.1) is 0 Å². The number of esters is 4. The Hall–Kier alpha value is -2.85. The summed E-state index contributed by atoms with van der Waals surface area (Å²) in [5.41, 5.74) is 8.78. The standard InChI is InChI=1S/C14H19N3O9/c1-6(18)22-5-10-12(23-7(2)19)13(24-8(3)20)11(16-17-15)14(26-10)25-9(4)21/h10-14H,5H2,1-4H3/t10-,11+,12+,13+,14-/m0/s1. The predicted octanol–water partition coefficient (Wildman–Crippen LogP) is 0.380. The van der Waals surface area contributed by atoms with Crippen LogP contribution >= 0.6 is 0 Å². The summed E-state index contributed by atoms with van der Waals surface area (Å²) in [7, 11) is 0. The molecule has 144 valence electrons. The Morgan fingerprint density at radius 3 is 1.92 bits per heavy atom. The second kappa shape index (κ2) is 9.59. The molecule has 0 spiro atoms. The Labute approximate surface area is 148 Å². The van der Waals surface area contributed by atoms with Gasteiger partial charge in [0.25, 0.3) is 0 Å². The Bertz CT molecular complexity index is 617. The second-order valence-corrected chi connectivity index (χ2v) is 5.30. The highest BCUT2D eigenvalue weighted by atomic mass is 16.7. The third-order valence-corrected chi connectivity index (χ3v) is 3.14. The topological polar surface area (TPSA) is 163 Å². The van der Waals surface area contributed by atoms with E-state index >= 15 is 0 Å². The van der Waals surface area contributed by atoms with Gasteiger partial charge in [0.2, 0.25) is 6.29 Å². The SMILES string of the molecule is CC(=O)OC[C@@H]1O[C@H](OC(C)=O)[C@H](N=[N+]=[N-])[C@@H](OC(C)=O)[C@@H]1OC(C)=O. The minimum absolute atomic E-state index is 0.383. The van der Waals surface area contributed by atoms with Crippen LogP contribution in [-0.4, -0.2) is 61.1 Å². The lowest BCUT2D eigenvalue weighted by molar-refractivity contribution is -0.267. The molecule has 12 heteroatoms. The Kier molecular flexibility index (Phi) is 7.81. The minimum Gasteiger partial charge on any atom is -0.463 e. The number of hydrogen-bond acceptors (Lipinski definition) is 10. The molecule has 1 aliphatic heterocycles. The zero-order valence-electron chi connectivity index (χ0n) is 14.6. The van der Waals surface area contributed by atoms with Gasteiger partial charge in [-0.2, -0.15) is 0 Å². The molecule has 1 saturated heterocycles. The van der Waals surface area contributed by atoms with Crippen molar-refractivity contribution in [3.05, 3.63) is 10.4 Å². The van der Waals surface area contributed by atoms with E-state index in [1.165, 1.54) is 0 Å². The van der Waals surface area contributed by atoms with Crippen molar-refractivity contribution >= 4 is 23.9 Å². The van der Waals surface area contributed by atoms with E-state index in [0.717, 1.165) is 27.7 Å². The lowest BCUT2D eigenvalue weighted by Crippen LogP contribution is -2.61. The van der Waals surface area contributed by atoms with E-state index in [9.17, 15) is 19.2 Å². The maximum absolute atomic E-state index is 11.5. The monoisotopic (exact) mass is 373 g/mol. The number of nitrogens with zero attached hydrogens (tertiary/aromatic N) is 3. The van der Waals surface area contributed by atoms with Gasteiger partial charge >= 0.3 is 23.9 Å². The normalized spacial score (nSPS) is 27.5. The Morgan fingerprint density at radius 2 is 1.46 bits per heavy atom. The van der Waals surface area contributed by atoms with Gasteiger partial charge in [0.15, 0.2) is 12.2 Å². The highest BCUT2D eigenvalue weighted by Crippen LogP contribution is 2.29. The first kappa shape index (κ1) is 21.2. The van der Waals surface area contributed by atoms with Crippen LogP contribution in [0.1, 0.15) is 27.7 Å². The van der Waals surface area contributed by atoms with E-state index < -0.39 is 54.5 Å². The van der Waals surface area contributed by atoms with Crippen molar-refractivity contribution in [1.29, 1.82) is 0 Å². The zero-order valence-corrected chi connectivity index (χ0v) is 14.6. The van der Waals surface area contributed by atoms with Crippen LogP contribution < -0.4 is 0 Å². The molecule has 0 saturated carbocycles. The van der Waals surface area contributed by atoms with Gasteiger partial charge in [-0.3, -0.25) is 19.2 Å². The number of ether oxygens (including phenoxy) is 5. The fraction of sp³-hybridized carbons (Fsp3) is 0.714. The summed E-state index contributed by atoms with van der Waals surface area (Å²) in [4.78, 5) is 47.9. The summed E-state index contributed by atoms with van der Waals surface area (Å²) in [5, 5.41) is 3.44. The molecule has 1 rings (SSSR count). The van der Waals surface area contributed by atoms with Gasteiger partial charge in [-0.1, -0.05) is 5.11 Å². The molecular formula is C14H19N3O9. The first-order chi connectivity index (χ1) is 12.1. The average Bonchev–Trinajstić information content (AvgIpc) is 2.49. The van der Waals surface area contributed by atoms with E-state index in [-0.39, 0.29) is 6.61 Å². The number of carbonyl (C=O) groups is 4. The van der Waals surface area contributed by atoms with Crippen LogP contribution in [0.15, 0.2) is 5.11 Å². The van der Waals surface area contributed by atoms with Crippen molar-refractivity contribution in [2.75, 3.05) is 6.61 Å². The summed E-state index contributed by atoms with van der Waals surface area (Å²) < 4.78 is 25.5. The Balaban J connectivity index is 3.28. The van der Waals surface area contributed by atoms with Gasteiger partial charge in [0.1, 0.15) is 18.8 Å². The van der Waals surface area contributed by atoms with E-state index in [2.05, 4.69) is 10.0 Å². The molecule has 1 heterocycles. The van der Waals surface area contributed by atoms with Gasteiger partial charge in [-0.25, -0.2) is 0 Å². The summed E-state index contributed by atoms with van der Waals surface area (Å²) in [6.45, 7) is 4.06. The highest BCUT2D eigenvalue weighted by Gasteiger charge is 2.51. The number of azide groups is 1. The fourth-order valence-corrected chi connectivity index (χ4v) is 2.33. The number of rotatable bonds is 6. The van der Waals surface area contributed by atoms with Crippen molar-refractivity contribution in [2.45, 2.75) is 58.3 Å². The molecule has 0 radical (unpaired) electrons. The maximum Gasteiger partial charge on any atom is 0.304 e. The quantitative estimate of drug-likeness (QED) is 0.210. The first-order valence-electron chi connectivity index (χ1n) is 7.50. The lowest BCUT2D eigenvalue weighted by atomic mass is 9.97. The summed E-state index contributed by atoms with van der Waals surface area (Å²) in [6, 6.07) is -1.33. The molecule has 0 unspecified atom stereocenters. The summed E-state index contributed by atoms with van der Waals surface area (Å²) in [6.07, 6.45) is -5.18. The first-order valence-corrected chi connectivity index (χ1v) is 7.50. The molecule has 1 fully saturated rings. The third-order valence-electron chi connectivity index (χ3n) is 3.14. The molecule has 0 aliphatic carbocycles. The van der Waals surface area contributed by atoms with Gasteiger partial charge in [-0.15, -0.1) is 0 Å². The molecule has 0 N–H and O–H groups in total. The van der Waals surface area contributed by atoms with Crippen LogP contribution in [-0.2, 0) is 42.9 Å². The molecule has 0 aromatic carbocycles. The van der Waals surface area contributed by atoms with Gasteiger partial charge < -0.3 is 23.7 Å². The second-order valence-electron chi connectivity index (χ2n) is 5.30. The van der Waals surface area contributed by atoms with Crippen molar-refractivity contribution in [1.82, 2.24) is 0 Å². The van der Waals surface area contributed by atoms with E-state index in [1.807, 2.05) is 0 Å². The molecule has 0 aromatic rings. The summed E-state index contributed by atoms with van der Waals surface area (Å²) in [5.74, 6) is -2.90. The number of carbonyl (C=O) groups excluding carboxylic acids is 4. The maximum atomic E-state index is 11.5.